The number of oxazole rings is 1. The lowest BCUT2D eigenvalue weighted by atomic mass is 10.1. The molecule has 3 heteroatoms. The van der Waals surface area contributed by atoms with Crippen LogP contribution in [0.5, 0.6) is 0 Å². The van der Waals surface area contributed by atoms with E-state index in [1.165, 1.54) is 11.1 Å². The molecule has 2 aromatic carbocycles. The van der Waals surface area contributed by atoms with Gasteiger partial charge < -0.3 is 4.42 Å². The topological polar surface area (TPSA) is 26.0 Å². The van der Waals surface area contributed by atoms with Gasteiger partial charge in [0.25, 0.3) is 0 Å². The van der Waals surface area contributed by atoms with Crippen molar-refractivity contribution in [2.75, 3.05) is 0 Å². The molecule has 0 aliphatic heterocycles. The van der Waals surface area contributed by atoms with Crippen molar-refractivity contribution in [3.63, 3.8) is 0 Å². The van der Waals surface area contributed by atoms with Gasteiger partial charge in [0.15, 0.2) is 5.58 Å². The summed E-state index contributed by atoms with van der Waals surface area (Å²) in [6.45, 7) is 4.14. The SMILES string of the molecule is Cc1cc2nc(-c3cccc(Cl)c3)oc2cc1C. The van der Waals surface area contributed by atoms with Gasteiger partial charge in [0.2, 0.25) is 5.89 Å². The maximum Gasteiger partial charge on any atom is 0.227 e. The Bertz CT molecular complexity index is 691. The van der Waals surface area contributed by atoms with Crippen molar-refractivity contribution in [2.24, 2.45) is 0 Å². The molecule has 0 spiro atoms. The van der Waals surface area contributed by atoms with E-state index < -0.39 is 0 Å². The van der Waals surface area contributed by atoms with Crippen LogP contribution in [0.15, 0.2) is 40.8 Å². The van der Waals surface area contributed by atoms with E-state index in [2.05, 4.69) is 18.8 Å². The molecule has 0 aliphatic carbocycles. The Morgan fingerprint density at radius 1 is 1.06 bits per heavy atom. The summed E-state index contributed by atoms with van der Waals surface area (Å²) in [7, 11) is 0. The van der Waals surface area contributed by atoms with Crippen LogP contribution in [0.2, 0.25) is 5.02 Å². The molecule has 2 nitrogen and oxygen atoms in total. The van der Waals surface area contributed by atoms with Crippen molar-refractivity contribution in [1.29, 1.82) is 0 Å². The molecule has 0 atom stereocenters. The van der Waals surface area contributed by atoms with E-state index in [1.807, 2.05) is 36.4 Å². The lowest BCUT2D eigenvalue weighted by Crippen LogP contribution is -1.79. The Hall–Kier alpha value is -1.80. The fraction of sp³-hybridized carbons (Fsp3) is 0.133. The first-order valence-electron chi connectivity index (χ1n) is 5.77. The second-order valence-corrected chi connectivity index (χ2v) is 4.87. The van der Waals surface area contributed by atoms with Gasteiger partial charge in [-0.3, -0.25) is 0 Å². The minimum Gasteiger partial charge on any atom is -0.436 e. The summed E-state index contributed by atoms with van der Waals surface area (Å²) in [5, 5.41) is 0.683. The number of hydrogen-bond acceptors (Lipinski definition) is 2. The van der Waals surface area contributed by atoms with Gasteiger partial charge in [-0.25, -0.2) is 4.98 Å². The molecule has 1 heterocycles. The molecule has 0 amide bonds. The summed E-state index contributed by atoms with van der Waals surface area (Å²) in [6.07, 6.45) is 0. The van der Waals surface area contributed by atoms with Crippen LogP contribution in [0.4, 0.5) is 0 Å². The summed E-state index contributed by atoms with van der Waals surface area (Å²) in [4.78, 5) is 4.50. The highest BCUT2D eigenvalue weighted by molar-refractivity contribution is 6.30. The summed E-state index contributed by atoms with van der Waals surface area (Å²) in [5.41, 5.74) is 5.01. The van der Waals surface area contributed by atoms with Crippen LogP contribution in [0.25, 0.3) is 22.6 Å². The monoisotopic (exact) mass is 257 g/mol. The molecule has 0 saturated carbocycles. The van der Waals surface area contributed by atoms with Gasteiger partial charge >= 0.3 is 0 Å². The van der Waals surface area contributed by atoms with E-state index in [4.69, 9.17) is 16.0 Å². The van der Waals surface area contributed by atoms with Crippen LogP contribution in [0.1, 0.15) is 11.1 Å². The highest BCUT2D eigenvalue weighted by Crippen LogP contribution is 2.27. The summed E-state index contributed by atoms with van der Waals surface area (Å²) in [5.74, 6) is 0.609. The summed E-state index contributed by atoms with van der Waals surface area (Å²) in [6, 6.07) is 11.6. The van der Waals surface area contributed by atoms with Crippen molar-refractivity contribution >= 4 is 22.7 Å². The average Bonchev–Trinajstić information content (AvgIpc) is 2.73. The van der Waals surface area contributed by atoms with Gasteiger partial charge in [-0.05, 0) is 55.3 Å². The van der Waals surface area contributed by atoms with E-state index in [0.29, 0.717) is 10.9 Å². The fourth-order valence-corrected chi connectivity index (χ4v) is 2.12. The molecule has 0 N–H and O–H groups in total. The van der Waals surface area contributed by atoms with E-state index in [1.54, 1.807) is 0 Å². The van der Waals surface area contributed by atoms with Gasteiger partial charge in [0, 0.05) is 10.6 Å². The first-order valence-corrected chi connectivity index (χ1v) is 6.15. The summed E-state index contributed by atoms with van der Waals surface area (Å²) < 4.78 is 5.78. The van der Waals surface area contributed by atoms with E-state index in [9.17, 15) is 0 Å². The zero-order valence-corrected chi connectivity index (χ0v) is 11.0. The molecular formula is C15H12ClNO. The second kappa shape index (κ2) is 4.14. The Balaban J connectivity index is 2.19. The third-order valence-electron chi connectivity index (χ3n) is 3.08. The molecular weight excluding hydrogens is 246 g/mol. The first-order chi connectivity index (χ1) is 8.63. The van der Waals surface area contributed by atoms with Crippen molar-refractivity contribution in [2.45, 2.75) is 13.8 Å². The standard InChI is InChI=1S/C15H12ClNO/c1-9-6-13-14(7-10(9)2)18-15(17-13)11-4-3-5-12(16)8-11/h3-8H,1-2H3. The molecule has 0 unspecified atom stereocenters. The normalized spacial score (nSPS) is 11.1. The Kier molecular flexibility index (Phi) is 2.60. The number of hydrogen-bond donors (Lipinski definition) is 0. The lowest BCUT2D eigenvalue weighted by Gasteiger charge is -1.96. The van der Waals surface area contributed by atoms with E-state index in [0.717, 1.165) is 16.7 Å². The molecule has 0 radical (unpaired) electrons. The first kappa shape index (κ1) is 11.3. The van der Waals surface area contributed by atoms with Crippen LogP contribution in [-0.2, 0) is 0 Å². The van der Waals surface area contributed by atoms with E-state index in [-0.39, 0.29) is 0 Å². The molecule has 3 aromatic rings. The second-order valence-electron chi connectivity index (χ2n) is 4.43. The van der Waals surface area contributed by atoms with Crippen molar-refractivity contribution in [3.8, 4) is 11.5 Å². The number of benzene rings is 2. The molecule has 18 heavy (non-hydrogen) atoms. The lowest BCUT2D eigenvalue weighted by molar-refractivity contribution is 0.619. The Morgan fingerprint density at radius 3 is 2.61 bits per heavy atom. The predicted octanol–water partition coefficient (Wildman–Crippen LogP) is 4.77. The van der Waals surface area contributed by atoms with Crippen LogP contribution < -0.4 is 0 Å². The largest absolute Gasteiger partial charge is 0.436 e. The molecule has 90 valence electrons. The van der Waals surface area contributed by atoms with Crippen LogP contribution in [0, 0.1) is 13.8 Å². The van der Waals surface area contributed by atoms with Crippen LogP contribution >= 0.6 is 11.6 Å². The minimum atomic E-state index is 0.609. The molecule has 0 fully saturated rings. The van der Waals surface area contributed by atoms with Crippen molar-refractivity contribution in [3.05, 3.63) is 52.5 Å². The highest BCUT2D eigenvalue weighted by Gasteiger charge is 2.09. The number of rotatable bonds is 1. The van der Waals surface area contributed by atoms with E-state index >= 15 is 0 Å². The molecule has 1 aromatic heterocycles. The molecule has 3 rings (SSSR count). The Morgan fingerprint density at radius 2 is 1.83 bits per heavy atom. The number of nitrogens with zero attached hydrogens (tertiary/aromatic N) is 1. The van der Waals surface area contributed by atoms with Crippen LogP contribution in [0.3, 0.4) is 0 Å². The quantitative estimate of drug-likeness (QED) is 0.628. The van der Waals surface area contributed by atoms with Gasteiger partial charge in [-0.2, -0.15) is 0 Å². The molecule has 0 bridgehead atoms. The predicted molar refractivity (Wildman–Crippen MR) is 73.9 cm³/mol. The zero-order valence-electron chi connectivity index (χ0n) is 10.2. The fourth-order valence-electron chi connectivity index (χ4n) is 1.92. The average molecular weight is 258 g/mol. The molecule has 0 saturated heterocycles. The van der Waals surface area contributed by atoms with Gasteiger partial charge in [0.1, 0.15) is 5.52 Å². The highest BCUT2D eigenvalue weighted by atomic mass is 35.5. The van der Waals surface area contributed by atoms with Crippen molar-refractivity contribution in [1.82, 2.24) is 4.98 Å². The number of aromatic nitrogens is 1. The third-order valence-corrected chi connectivity index (χ3v) is 3.31. The van der Waals surface area contributed by atoms with Gasteiger partial charge in [-0.1, -0.05) is 17.7 Å². The maximum atomic E-state index is 5.97. The maximum absolute atomic E-state index is 5.97. The summed E-state index contributed by atoms with van der Waals surface area (Å²) >= 11 is 5.97. The Labute approximate surface area is 110 Å². The number of fused-ring (bicyclic) bond motifs is 1. The van der Waals surface area contributed by atoms with Gasteiger partial charge in [-0.15, -0.1) is 0 Å². The number of halogens is 1. The van der Waals surface area contributed by atoms with Crippen molar-refractivity contribution < 1.29 is 4.42 Å². The third kappa shape index (κ3) is 1.89. The minimum absolute atomic E-state index is 0.609. The molecule has 0 aliphatic rings. The zero-order chi connectivity index (χ0) is 12.7. The van der Waals surface area contributed by atoms with Gasteiger partial charge in [0.05, 0.1) is 0 Å². The smallest absolute Gasteiger partial charge is 0.227 e. The number of aryl methyl sites for hydroxylation is 2. The van der Waals surface area contributed by atoms with Crippen LogP contribution in [-0.4, -0.2) is 4.98 Å².